The Kier molecular flexibility index (Phi) is 9.81. The van der Waals surface area contributed by atoms with E-state index in [2.05, 4.69) is 30.3 Å². The molecule has 2 aromatic heterocycles. The Morgan fingerprint density at radius 3 is 1.26 bits per heavy atom. The second-order valence-electron chi connectivity index (χ2n) is 17.5. The highest BCUT2D eigenvalue weighted by molar-refractivity contribution is 6.13. The monoisotopic (exact) mass is 881 g/mol. The van der Waals surface area contributed by atoms with Crippen LogP contribution in [-0.4, -0.2) is 9.13 Å². The quantitative estimate of drug-likeness (QED) is 0.159. The van der Waals surface area contributed by atoms with E-state index in [0.717, 1.165) is 83.2 Å². The number of nitrogens with zero attached hydrogens (tertiary/aromatic N) is 3. The van der Waals surface area contributed by atoms with Crippen LogP contribution in [0.5, 0.6) is 0 Å². The van der Waals surface area contributed by atoms with E-state index in [0.29, 0.717) is 28.1 Å². The normalized spacial score (nSPS) is 12.2. The molecule has 0 saturated carbocycles. The molecule has 10 rings (SSSR count). The van der Waals surface area contributed by atoms with Crippen LogP contribution in [0.1, 0.15) is 50.1 Å². The maximum atomic E-state index is 15.7. The molecule has 9 heteroatoms. The van der Waals surface area contributed by atoms with Crippen LogP contribution in [0, 0.1) is 52.9 Å². The molecule has 0 atom stereocenters. The molecule has 10 aromatic rings. The van der Waals surface area contributed by atoms with Crippen molar-refractivity contribution in [3.05, 3.63) is 190 Å². The first-order valence-electron chi connectivity index (χ1n) is 21.5. The van der Waals surface area contributed by atoms with Gasteiger partial charge in [0, 0.05) is 27.1 Å². The third-order valence-corrected chi connectivity index (χ3v) is 12.9. The Labute approximate surface area is 377 Å². The topological polar surface area (TPSA) is 33.6 Å². The van der Waals surface area contributed by atoms with Crippen molar-refractivity contribution >= 4 is 43.6 Å². The zero-order chi connectivity index (χ0) is 46.6. The zero-order valence-corrected chi connectivity index (χ0v) is 36.9. The van der Waals surface area contributed by atoms with Crippen molar-refractivity contribution in [3.63, 3.8) is 0 Å². The number of para-hydroxylation sites is 2. The molecule has 0 unspecified atom stereocenters. The van der Waals surface area contributed by atoms with Gasteiger partial charge in [-0.15, -0.1) is 0 Å². The van der Waals surface area contributed by atoms with Gasteiger partial charge >= 0.3 is 12.4 Å². The summed E-state index contributed by atoms with van der Waals surface area (Å²) in [5.74, 6) is 0. The lowest BCUT2D eigenvalue weighted by Crippen LogP contribution is -2.14. The highest BCUT2D eigenvalue weighted by Gasteiger charge is 2.40. The van der Waals surface area contributed by atoms with E-state index < -0.39 is 29.0 Å². The fraction of sp³-hybridized carbons (Fsp3) is 0.140. The minimum Gasteiger partial charge on any atom is -0.308 e. The fourth-order valence-corrected chi connectivity index (χ4v) is 10.5. The van der Waals surface area contributed by atoms with E-state index in [4.69, 9.17) is 0 Å². The smallest absolute Gasteiger partial charge is 0.308 e. The highest BCUT2D eigenvalue weighted by atomic mass is 19.4. The molecule has 2 heterocycles. The Morgan fingerprint density at radius 1 is 0.424 bits per heavy atom. The van der Waals surface area contributed by atoms with Crippen LogP contribution < -0.4 is 0 Å². The van der Waals surface area contributed by atoms with Crippen molar-refractivity contribution in [1.29, 1.82) is 5.26 Å². The van der Waals surface area contributed by atoms with Gasteiger partial charge in [0.1, 0.15) is 0 Å². The molecule has 0 spiro atoms. The van der Waals surface area contributed by atoms with Gasteiger partial charge in [-0.2, -0.15) is 31.6 Å². The molecule has 326 valence electrons. The summed E-state index contributed by atoms with van der Waals surface area (Å²) in [5.41, 5.74) is 9.92. The van der Waals surface area contributed by atoms with Crippen LogP contribution in [0.2, 0.25) is 0 Å². The number of hydrogen-bond donors (Lipinski definition) is 0. The minimum atomic E-state index is -5.22. The van der Waals surface area contributed by atoms with Crippen LogP contribution in [0.3, 0.4) is 0 Å². The van der Waals surface area contributed by atoms with E-state index in [1.807, 2.05) is 136 Å². The molecule has 0 amide bonds. The summed E-state index contributed by atoms with van der Waals surface area (Å²) in [6.45, 7) is 12.2. The zero-order valence-electron chi connectivity index (χ0n) is 36.9. The summed E-state index contributed by atoms with van der Waals surface area (Å²) in [6, 6.07) is 42.8. The largest absolute Gasteiger partial charge is 0.417 e. The van der Waals surface area contributed by atoms with Crippen molar-refractivity contribution in [1.82, 2.24) is 9.13 Å². The predicted octanol–water partition coefficient (Wildman–Crippen LogP) is 16.6. The third-order valence-electron chi connectivity index (χ3n) is 12.9. The number of nitriles is 1. The second-order valence-corrected chi connectivity index (χ2v) is 17.5. The first kappa shape index (κ1) is 42.4. The van der Waals surface area contributed by atoms with E-state index in [1.54, 1.807) is 12.1 Å². The number of hydrogen-bond acceptors (Lipinski definition) is 1. The number of fused-ring (bicyclic) bond motifs is 6. The average molecular weight is 882 g/mol. The van der Waals surface area contributed by atoms with Gasteiger partial charge in [-0.25, -0.2) is 0 Å². The average Bonchev–Trinajstić information content (AvgIpc) is 3.76. The second kappa shape index (κ2) is 15.3. The van der Waals surface area contributed by atoms with Crippen LogP contribution in [0.15, 0.2) is 140 Å². The van der Waals surface area contributed by atoms with Gasteiger partial charge in [0.15, 0.2) is 0 Å². The van der Waals surface area contributed by atoms with Gasteiger partial charge in [0.05, 0.1) is 56.2 Å². The summed E-state index contributed by atoms with van der Waals surface area (Å²) < 4.78 is 93.9. The van der Waals surface area contributed by atoms with Crippen molar-refractivity contribution in [2.45, 2.75) is 53.9 Å². The van der Waals surface area contributed by atoms with Gasteiger partial charge in [0.25, 0.3) is 0 Å². The summed E-state index contributed by atoms with van der Waals surface area (Å²) in [4.78, 5) is 0. The number of rotatable bonds is 5. The number of benzene rings is 8. The fourth-order valence-electron chi connectivity index (χ4n) is 10.5. The molecular weight excluding hydrogens is 841 g/mol. The van der Waals surface area contributed by atoms with E-state index in [-0.39, 0.29) is 28.6 Å². The highest BCUT2D eigenvalue weighted by Crippen LogP contribution is 2.49. The number of alkyl halides is 6. The number of aryl methyl sites for hydroxylation is 6. The molecule has 8 aromatic carbocycles. The van der Waals surface area contributed by atoms with Crippen LogP contribution in [-0.2, 0) is 12.4 Å². The summed E-state index contributed by atoms with van der Waals surface area (Å²) >= 11 is 0. The first-order valence-corrected chi connectivity index (χ1v) is 21.5. The van der Waals surface area contributed by atoms with Crippen LogP contribution in [0.4, 0.5) is 26.3 Å². The van der Waals surface area contributed by atoms with Gasteiger partial charge in [-0.3, -0.25) is 0 Å². The number of aromatic nitrogens is 2. The van der Waals surface area contributed by atoms with Crippen molar-refractivity contribution < 1.29 is 26.3 Å². The molecule has 0 aliphatic rings. The number of halogens is 6. The van der Waals surface area contributed by atoms with E-state index in [9.17, 15) is 18.4 Å². The summed E-state index contributed by atoms with van der Waals surface area (Å²) in [7, 11) is 0. The maximum absolute atomic E-state index is 15.7. The maximum Gasteiger partial charge on any atom is 0.417 e. The Bertz CT molecular complexity index is 3460. The lowest BCUT2D eigenvalue weighted by Gasteiger charge is -2.24. The lowest BCUT2D eigenvalue weighted by molar-refractivity contribution is -0.142. The molecule has 0 N–H and O–H groups in total. The molecule has 0 aliphatic heterocycles. The van der Waals surface area contributed by atoms with Crippen molar-refractivity contribution in [3.8, 4) is 50.8 Å². The molecule has 3 nitrogen and oxygen atoms in total. The SMILES string of the molecule is Cc1cc(C)c(-c2ccc3c4ccccc4n(-c4cc(C#N)cc(-n5c6ccccc6c6ccc(-c7c(C)cc(C)cc7C)cc65)c4-c4ccc(C(F)(F)F)cc4C(F)(F)F)c3c2)c(C)c1. The third kappa shape index (κ3) is 6.82. The van der Waals surface area contributed by atoms with Gasteiger partial charge in [-0.05, 0) is 140 Å². The first-order chi connectivity index (χ1) is 31.4. The van der Waals surface area contributed by atoms with E-state index in [1.165, 1.54) is 0 Å². The molecule has 0 radical (unpaired) electrons. The van der Waals surface area contributed by atoms with Crippen molar-refractivity contribution in [2.24, 2.45) is 0 Å². The Hall–Kier alpha value is -7.57. The standard InChI is InChI=1S/C57H41F6N3/c1-31-21-33(3)53(34(4)22-31)38-15-18-43-41-11-7-9-13-47(41)65(49(43)27-38)51-25-37(30-64)26-52(55(51)45-20-17-40(56(58,59)60)29-46(45)57(61,62)63)66-48-14-10-8-12-42(48)44-19-16-39(28-50(44)66)54-35(5)23-32(2)24-36(54)6/h7-29H,1-6H3. The Morgan fingerprint density at radius 2 is 0.848 bits per heavy atom. The lowest BCUT2D eigenvalue weighted by atomic mass is 9.92. The van der Waals surface area contributed by atoms with Crippen LogP contribution in [0.25, 0.3) is 88.4 Å². The molecule has 0 aliphatic carbocycles. The molecule has 0 bridgehead atoms. The summed E-state index contributed by atoms with van der Waals surface area (Å²) in [6.07, 6.45) is -10.3. The van der Waals surface area contributed by atoms with Gasteiger partial charge < -0.3 is 9.13 Å². The van der Waals surface area contributed by atoms with Gasteiger partial charge in [0.2, 0.25) is 0 Å². The van der Waals surface area contributed by atoms with Gasteiger partial charge in [-0.1, -0.05) is 102 Å². The molecule has 0 fully saturated rings. The predicted molar refractivity (Wildman–Crippen MR) is 255 cm³/mol. The molecular formula is C57H41F6N3. The Balaban J connectivity index is 1.41. The van der Waals surface area contributed by atoms with Crippen LogP contribution >= 0.6 is 0 Å². The molecule has 66 heavy (non-hydrogen) atoms. The van der Waals surface area contributed by atoms with Crippen molar-refractivity contribution in [2.75, 3.05) is 0 Å². The van der Waals surface area contributed by atoms with E-state index >= 15 is 13.2 Å². The summed E-state index contributed by atoms with van der Waals surface area (Å²) in [5, 5.41) is 14.1. The minimum absolute atomic E-state index is 0.00144. The molecule has 0 saturated heterocycles.